The zero-order valence-electron chi connectivity index (χ0n) is 24.3. The van der Waals surface area contributed by atoms with Crippen molar-refractivity contribution in [2.45, 2.75) is 23.0 Å². The maximum absolute atomic E-state index is 13.5. The van der Waals surface area contributed by atoms with Crippen LogP contribution in [0.1, 0.15) is 32.7 Å². The molecule has 10 nitrogen and oxygen atoms in total. The molecule has 1 aliphatic heterocycles. The molecule has 232 valence electrons. The molecule has 12 heteroatoms. The SMILES string of the molecule is Cc1ccc(C(=O)COC(=O)c2cc(-c3ccc(N4C(=O)C5C6CC(C(Br)C6Br)C5C4=O)cc3)nc3ccccc23)cc1[N+](=O)[O-]. The lowest BCUT2D eigenvalue weighted by Crippen LogP contribution is -2.37. The van der Waals surface area contributed by atoms with E-state index in [0.717, 1.165) is 6.42 Å². The minimum atomic E-state index is -0.754. The van der Waals surface area contributed by atoms with Gasteiger partial charge in [0.1, 0.15) is 0 Å². The fourth-order valence-electron chi connectivity index (χ4n) is 7.15. The number of ketones is 1. The fourth-order valence-corrected chi connectivity index (χ4v) is 9.02. The maximum Gasteiger partial charge on any atom is 0.339 e. The first-order valence-electron chi connectivity index (χ1n) is 14.7. The van der Waals surface area contributed by atoms with Crippen LogP contribution in [0.2, 0.25) is 0 Å². The number of ether oxygens (including phenoxy) is 1. The number of hydrogen-bond acceptors (Lipinski definition) is 8. The molecule has 3 aromatic carbocycles. The summed E-state index contributed by atoms with van der Waals surface area (Å²) in [5.74, 6) is -2.07. The lowest BCUT2D eigenvalue weighted by atomic mass is 9.81. The number of hydrogen-bond donors (Lipinski definition) is 0. The minimum absolute atomic E-state index is 0.0655. The summed E-state index contributed by atoms with van der Waals surface area (Å²) in [5.41, 5.74) is 2.59. The Hall–Kier alpha value is -4.29. The van der Waals surface area contributed by atoms with Gasteiger partial charge in [-0.1, -0.05) is 74.3 Å². The number of imide groups is 1. The van der Waals surface area contributed by atoms with Crippen LogP contribution in [0.15, 0.2) is 72.8 Å². The summed E-state index contributed by atoms with van der Waals surface area (Å²) in [7, 11) is 0. The summed E-state index contributed by atoms with van der Waals surface area (Å²) < 4.78 is 5.38. The van der Waals surface area contributed by atoms with Crippen LogP contribution in [0.5, 0.6) is 0 Å². The van der Waals surface area contributed by atoms with Crippen molar-refractivity contribution in [3.63, 3.8) is 0 Å². The Morgan fingerprint density at radius 2 is 1.61 bits per heavy atom. The zero-order chi connectivity index (χ0) is 32.4. The number of halogens is 2. The number of para-hydroxylation sites is 1. The number of amides is 2. The van der Waals surface area contributed by atoms with Crippen LogP contribution in [0, 0.1) is 40.7 Å². The molecule has 1 aromatic heterocycles. The van der Waals surface area contributed by atoms with E-state index in [1.54, 1.807) is 61.5 Å². The third-order valence-electron chi connectivity index (χ3n) is 9.41. The standard InChI is InChI=1S/C34H25Br2N3O7/c1-16-6-7-18(12-26(16)39(44)45)27(40)15-46-34(43)21-14-25(37-24-5-3-2-4-20(21)24)17-8-10-19(11-9-17)38-32(41)28-22-13-23(29(28)33(38)42)31(36)30(22)35/h2-12,14,22-23,28-31H,13,15H2,1H3. The Kier molecular flexibility index (Phi) is 7.59. The Balaban J connectivity index is 1.13. The molecule has 2 bridgehead atoms. The summed E-state index contributed by atoms with van der Waals surface area (Å²) in [6.45, 7) is 0.968. The second-order valence-corrected chi connectivity index (χ2v) is 14.0. The molecule has 2 saturated carbocycles. The van der Waals surface area contributed by atoms with Gasteiger partial charge in [0.05, 0.1) is 39.2 Å². The number of aromatic nitrogens is 1. The molecule has 6 atom stereocenters. The van der Waals surface area contributed by atoms with Crippen LogP contribution in [0.4, 0.5) is 11.4 Å². The second kappa shape index (κ2) is 11.5. The quantitative estimate of drug-likeness (QED) is 0.0527. The van der Waals surface area contributed by atoms with E-state index in [-0.39, 0.29) is 62.0 Å². The monoisotopic (exact) mass is 745 g/mol. The number of aryl methyl sites for hydroxylation is 1. The van der Waals surface area contributed by atoms with Gasteiger partial charge in [0, 0.05) is 37.8 Å². The number of fused-ring (bicyclic) bond motifs is 6. The maximum atomic E-state index is 13.5. The van der Waals surface area contributed by atoms with Gasteiger partial charge < -0.3 is 4.74 Å². The van der Waals surface area contributed by atoms with Crippen molar-refractivity contribution in [1.82, 2.24) is 4.98 Å². The van der Waals surface area contributed by atoms with Gasteiger partial charge >= 0.3 is 5.97 Å². The van der Waals surface area contributed by atoms with Gasteiger partial charge in [-0.3, -0.25) is 29.4 Å². The minimum Gasteiger partial charge on any atom is -0.454 e. The van der Waals surface area contributed by atoms with Crippen LogP contribution < -0.4 is 4.90 Å². The number of Topliss-reactive ketones (excluding diaryl/α,β-unsaturated/α-hetero) is 1. The number of carbonyl (C=O) groups excluding carboxylic acids is 4. The summed E-state index contributed by atoms with van der Waals surface area (Å²) in [6, 6.07) is 19.6. The van der Waals surface area contributed by atoms with Crippen molar-refractivity contribution in [3.05, 3.63) is 99.6 Å². The summed E-state index contributed by atoms with van der Waals surface area (Å²) in [4.78, 5) is 70.1. The largest absolute Gasteiger partial charge is 0.454 e. The van der Waals surface area contributed by atoms with Gasteiger partial charge in [0.2, 0.25) is 17.6 Å². The predicted octanol–water partition coefficient (Wildman–Crippen LogP) is 6.44. The van der Waals surface area contributed by atoms with Gasteiger partial charge in [0.25, 0.3) is 5.69 Å². The molecule has 2 amide bonds. The lowest BCUT2D eigenvalue weighted by Gasteiger charge is -2.28. The first kappa shape index (κ1) is 30.4. The number of carbonyl (C=O) groups is 4. The fraction of sp³-hybridized carbons (Fsp3) is 0.265. The van der Waals surface area contributed by atoms with Gasteiger partial charge in [-0.15, -0.1) is 0 Å². The number of benzene rings is 3. The zero-order valence-corrected chi connectivity index (χ0v) is 27.4. The number of pyridine rings is 1. The number of rotatable bonds is 7. The third kappa shape index (κ3) is 4.85. The van der Waals surface area contributed by atoms with E-state index in [1.165, 1.54) is 23.1 Å². The molecule has 1 saturated heterocycles. The number of anilines is 1. The van der Waals surface area contributed by atoms with E-state index in [9.17, 15) is 29.3 Å². The van der Waals surface area contributed by atoms with Crippen LogP contribution in [-0.2, 0) is 14.3 Å². The van der Waals surface area contributed by atoms with E-state index in [1.807, 2.05) is 0 Å². The van der Waals surface area contributed by atoms with E-state index < -0.39 is 23.3 Å². The average molecular weight is 747 g/mol. The summed E-state index contributed by atoms with van der Waals surface area (Å²) >= 11 is 7.44. The molecule has 4 aromatic rings. The van der Waals surface area contributed by atoms with Gasteiger partial charge in [0.15, 0.2) is 6.61 Å². The first-order valence-corrected chi connectivity index (χ1v) is 16.5. The lowest BCUT2D eigenvalue weighted by molar-refractivity contribution is -0.385. The van der Waals surface area contributed by atoms with E-state index in [2.05, 4.69) is 31.9 Å². The van der Waals surface area contributed by atoms with Crippen molar-refractivity contribution in [1.29, 1.82) is 0 Å². The second-order valence-electron chi connectivity index (χ2n) is 11.9. The molecule has 7 rings (SSSR count). The predicted molar refractivity (Wildman–Crippen MR) is 176 cm³/mol. The molecule has 3 aliphatic rings. The molecular formula is C34H25Br2N3O7. The molecule has 2 aliphatic carbocycles. The Morgan fingerprint density at radius 3 is 2.26 bits per heavy atom. The van der Waals surface area contributed by atoms with Crippen LogP contribution >= 0.6 is 31.9 Å². The molecule has 0 N–H and O–H groups in total. The highest BCUT2D eigenvalue weighted by Crippen LogP contribution is 2.60. The highest BCUT2D eigenvalue weighted by molar-refractivity contribution is 9.12. The number of esters is 1. The van der Waals surface area contributed by atoms with Crippen LogP contribution in [-0.4, -0.2) is 49.7 Å². The van der Waals surface area contributed by atoms with Crippen molar-refractivity contribution in [3.8, 4) is 11.3 Å². The Labute approximate surface area is 279 Å². The highest BCUT2D eigenvalue weighted by Gasteiger charge is 2.66. The number of nitro groups is 1. The normalized spacial score (nSPS) is 24.8. The van der Waals surface area contributed by atoms with Gasteiger partial charge in [-0.05, 0) is 49.4 Å². The Morgan fingerprint density at radius 1 is 0.957 bits per heavy atom. The van der Waals surface area contributed by atoms with Gasteiger partial charge in [-0.2, -0.15) is 0 Å². The molecule has 2 heterocycles. The van der Waals surface area contributed by atoms with E-state index >= 15 is 0 Å². The topological polar surface area (TPSA) is 137 Å². The molecule has 0 radical (unpaired) electrons. The van der Waals surface area contributed by atoms with E-state index in [4.69, 9.17) is 9.72 Å². The molecule has 6 unspecified atom stereocenters. The molecule has 0 spiro atoms. The Bertz CT molecular complexity index is 1950. The van der Waals surface area contributed by atoms with Gasteiger partial charge in [-0.25, -0.2) is 9.78 Å². The van der Waals surface area contributed by atoms with Crippen molar-refractivity contribution >= 4 is 77.7 Å². The average Bonchev–Trinajstić information content (AvgIpc) is 3.67. The molecular weight excluding hydrogens is 722 g/mol. The van der Waals surface area contributed by atoms with Crippen molar-refractivity contribution in [2.24, 2.45) is 23.7 Å². The van der Waals surface area contributed by atoms with Crippen LogP contribution in [0.25, 0.3) is 22.2 Å². The third-order valence-corrected chi connectivity index (χ3v) is 12.6. The van der Waals surface area contributed by atoms with Crippen LogP contribution in [0.3, 0.4) is 0 Å². The first-order chi connectivity index (χ1) is 22.0. The number of alkyl halides is 2. The highest BCUT2D eigenvalue weighted by atomic mass is 79.9. The number of nitro benzene ring substituents is 1. The number of nitrogens with zero attached hydrogens (tertiary/aromatic N) is 3. The van der Waals surface area contributed by atoms with Crippen molar-refractivity contribution in [2.75, 3.05) is 11.5 Å². The van der Waals surface area contributed by atoms with Crippen molar-refractivity contribution < 1.29 is 28.8 Å². The smallest absolute Gasteiger partial charge is 0.339 e. The molecule has 46 heavy (non-hydrogen) atoms. The summed E-state index contributed by atoms with van der Waals surface area (Å²) in [5, 5.41) is 11.8. The molecule has 3 fully saturated rings. The summed E-state index contributed by atoms with van der Waals surface area (Å²) in [6.07, 6.45) is 0.854. The van der Waals surface area contributed by atoms with E-state index in [0.29, 0.717) is 33.4 Å².